The first-order valence-corrected chi connectivity index (χ1v) is 10.8. The summed E-state index contributed by atoms with van der Waals surface area (Å²) in [6.45, 7) is 2.92. The van der Waals surface area contributed by atoms with Gasteiger partial charge in [-0.25, -0.2) is 0 Å². The molecule has 1 N–H and O–H groups in total. The molecule has 2 aliphatic heterocycles. The third-order valence-electron chi connectivity index (χ3n) is 5.02. The van der Waals surface area contributed by atoms with Crippen LogP contribution >= 0.6 is 23.4 Å². The van der Waals surface area contributed by atoms with E-state index in [1.54, 1.807) is 30.1 Å². The van der Waals surface area contributed by atoms with Crippen LogP contribution in [0.4, 0.5) is 0 Å². The number of nitrogens with zero attached hydrogens (tertiary/aromatic N) is 1. The maximum absolute atomic E-state index is 12.2. The molecule has 0 amide bonds. The minimum atomic E-state index is -1.47. The first kappa shape index (κ1) is 20.2. The molecule has 0 saturated carbocycles. The summed E-state index contributed by atoms with van der Waals surface area (Å²) in [6, 6.07) is 9.38. The van der Waals surface area contributed by atoms with Gasteiger partial charge in [-0.15, -0.1) is 11.8 Å². The summed E-state index contributed by atoms with van der Waals surface area (Å²) in [7, 11) is 0. The predicted octanol–water partition coefficient (Wildman–Crippen LogP) is 3.77. The number of benzene rings is 1. The van der Waals surface area contributed by atoms with E-state index in [-0.39, 0.29) is 24.6 Å². The first-order valence-electron chi connectivity index (χ1n) is 9.52. The lowest BCUT2D eigenvalue weighted by molar-refractivity contribution is -0.225. The van der Waals surface area contributed by atoms with Gasteiger partial charge in [0.2, 0.25) is 0 Å². The summed E-state index contributed by atoms with van der Waals surface area (Å²) in [6.07, 6.45) is 2.47. The number of fused-ring (bicyclic) bond motifs is 2. The van der Waals surface area contributed by atoms with Crippen molar-refractivity contribution in [3.05, 3.63) is 58.4 Å². The number of ether oxygens (including phenoxy) is 2. The Hall–Kier alpha value is -2.09. The molecule has 152 valence electrons. The maximum Gasteiger partial charge on any atom is 0.309 e. The minimum Gasteiger partial charge on any atom is -0.416 e. The van der Waals surface area contributed by atoms with Crippen molar-refractivity contribution in [1.82, 2.24) is 10.3 Å². The van der Waals surface area contributed by atoms with E-state index < -0.39 is 17.7 Å². The molecule has 8 heteroatoms. The van der Waals surface area contributed by atoms with E-state index in [0.29, 0.717) is 23.6 Å². The standard InChI is InChI=1S/C21H21ClN2O4S/c1-13(17-4-2-3-10-24-17)29-20-14-9-11-23-12-21(15(14)5-6-16(20)22)27-18(25)7-8-19(26)28-21/h2-6,10,13,23H,7-9,11-12H2,1H3. The number of esters is 2. The number of aromatic nitrogens is 1. The average molecular weight is 433 g/mol. The molecule has 0 bridgehead atoms. The molecule has 1 atom stereocenters. The van der Waals surface area contributed by atoms with E-state index in [4.69, 9.17) is 21.1 Å². The zero-order valence-electron chi connectivity index (χ0n) is 15.9. The van der Waals surface area contributed by atoms with Crippen LogP contribution in [0.15, 0.2) is 41.4 Å². The Morgan fingerprint density at radius 1 is 1.14 bits per heavy atom. The highest BCUT2D eigenvalue weighted by atomic mass is 35.5. The van der Waals surface area contributed by atoms with Crippen LogP contribution in [0.1, 0.15) is 41.8 Å². The zero-order valence-corrected chi connectivity index (χ0v) is 17.5. The smallest absolute Gasteiger partial charge is 0.309 e. The van der Waals surface area contributed by atoms with E-state index in [0.717, 1.165) is 16.2 Å². The van der Waals surface area contributed by atoms with Gasteiger partial charge in [0.25, 0.3) is 5.79 Å². The van der Waals surface area contributed by atoms with Crippen molar-refractivity contribution in [2.75, 3.05) is 13.1 Å². The molecule has 0 radical (unpaired) electrons. The average Bonchev–Trinajstić information content (AvgIpc) is 2.97. The van der Waals surface area contributed by atoms with Crippen LogP contribution in [0.2, 0.25) is 5.02 Å². The Bertz CT molecular complexity index is 920. The monoisotopic (exact) mass is 432 g/mol. The van der Waals surface area contributed by atoms with Gasteiger partial charge in [-0.1, -0.05) is 17.7 Å². The summed E-state index contributed by atoms with van der Waals surface area (Å²) >= 11 is 8.18. The number of rotatable bonds is 3. The van der Waals surface area contributed by atoms with E-state index in [1.165, 1.54) is 0 Å². The van der Waals surface area contributed by atoms with Crippen molar-refractivity contribution in [3.8, 4) is 0 Å². The topological polar surface area (TPSA) is 77.5 Å². The Morgan fingerprint density at radius 3 is 2.59 bits per heavy atom. The molecule has 29 heavy (non-hydrogen) atoms. The molecule has 3 heterocycles. The van der Waals surface area contributed by atoms with Crippen LogP contribution in [-0.4, -0.2) is 30.0 Å². The van der Waals surface area contributed by atoms with Crippen molar-refractivity contribution in [1.29, 1.82) is 0 Å². The lowest BCUT2D eigenvalue weighted by Crippen LogP contribution is -2.43. The van der Waals surface area contributed by atoms with Crippen molar-refractivity contribution in [2.45, 2.75) is 42.1 Å². The highest BCUT2D eigenvalue weighted by Gasteiger charge is 2.46. The molecule has 2 aliphatic rings. The van der Waals surface area contributed by atoms with Gasteiger partial charge in [-0.2, -0.15) is 0 Å². The van der Waals surface area contributed by atoms with E-state index in [2.05, 4.69) is 17.2 Å². The first-order chi connectivity index (χ1) is 14.0. The summed E-state index contributed by atoms with van der Waals surface area (Å²) in [4.78, 5) is 29.8. The fourth-order valence-electron chi connectivity index (χ4n) is 3.62. The molecular weight excluding hydrogens is 412 g/mol. The molecule has 1 spiro atoms. The number of thioether (sulfide) groups is 1. The van der Waals surface area contributed by atoms with Gasteiger partial charge in [0.15, 0.2) is 0 Å². The summed E-state index contributed by atoms with van der Waals surface area (Å²) in [5.74, 6) is -2.36. The second kappa shape index (κ2) is 8.34. The summed E-state index contributed by atoms with van der Waals surface area (Å²) in [5.41, 5.74) is 2.55. The number of halogens is 1. The number of carbonyl (C=O) groups is 2. The SMILES string of the molecule is CC(Sc1c(Cl)ccc2c1CCNCC21OC(=O)CCC(=O)O1)c1ccccn1. The van der Waals surface area contributed by atoms with Crippen molar-refractivity contribution in [3.63, 3.8) is 0 Å². The maximum atomic E-state index is 12.2. The fourth-order valence-corrected chi connectivity index (χ4v) is 5.08. The number of carbonyl (C=O) groups excluding carboxylic acids is 2. The van der Waals surface area contributed by atoms with Crippen LogP contribution in [0.5, 0.6) is 0 Å². The second-order valence-electron chi connectivity index (χ2n) is 7.05. The molecule has 1 aromatic carbocycles. The molecule has 4 rings (SSSR count). The van der Waals surface area contributed by atoms with Crippen molar-refractivity contribution < 1.29 is 19.1 Å². The van der Waals surface area contributed by atoms with Crippen molar-refractivity contribution >= 4 is 35.3 Å². The molecule has 1 aromatic heterocycles. The van der Waals surface area contributed by atoms with Crippen LogP contribution in [0.25, 0.3) is 0 Å². The Morgan fingerprint density at radius 2 is 1.90 bits per heavy atom. The van der Waals surface area contributed by atoms with Crippen LogP contribution in [-0.2, 0) is 31.3 Å². The Balaban J connectivity index is 1.78. The lowest BCUT2D eigenvalue weighted by Gasteiger charge is -2.32. The van der Waals surface area contributed by atoms with E-state index >= 15 is 0 Å². The highest BCUT2D eigenvalue weighted by molar-refractivity contribution is 7.99. The lowest BCUT2D eigenvalue weighted by atomic mass is 9.98. The third kappa shape index (κ3) is 4.13. The zero-order chi connectivity index (χ0) is 20.4. The molecule has 0 aliphatic carbocycles. The Labute approximate surface area is 178 Å². The summed E-state index contributed by atoms with van der Waals surface area (Å²) in [5, 5.41) is 3.91. The van der Waals surface area contributed by atoms with Gasteiger partial charge in [0.05, 0.1) is 30.1 Å². The van der Waals surface area contributed by atoms with Crippen LogP contribution in [0.3, 0.4) is 0 Å². The number of pyridine rings is 1. The van der Waals surface area contributed by atoms with Gasteiger partial charge in [0, 0.05) is 21.9 Å². The summed E-state index contributed by atoms with van der Waals surface area (Å²) < 4.78 is 11.4. The highest BCUT2D eigenvalue weighted by Crippen LogP contribution is 2.45. The van der Waals surface area contributed by atoms with Gasteiger partial charge >= 0.3 is 11.9 Å². The van der Waals surface area contributed by atoms with Gasteiger partial charge < -0.3 is 14.8 Å². The molecule has 1 saturated heterocycles. The second-order valence-corrected chi connectivity index (χ2v) is 8.80. The Kier molecular flexibility index (Phi) is 5.81. The molecule has 6 nitrogen and oxygen atoms in total. The fraction of sp³-hybridized carbons (Fsp3) is 0.381. The van der Waals surface area contributed by atoms with Gasteiger partial charge in [-0.3, -0.25) is 14.6 Å². The van der Waals surface area contributed by atoms with E-state index in [1.807, 2.05) is 18.2 Å². The normalized spacial score (nSPS) is 19.5. The largest absolute Gasteiger partial charge is 0.416 e. The molecule has 1 unspecified atom stereocenters. The van der Waals surface area contributed by atoms with Crippen LogP contribution < -0.4 is 5.32 Å². The molecule has 1 fully saturated rings. The van der Waals surface area contributed by atoms with E-state index in [9.17, 15) is 9.59 Å². The third-order valence-corrected chi connectivity index (χ3v) is 6.75. The minimum absolute atomic E-state index is 0.0157. The predicted molar refractivity (Wildman–Crippen MR) is 110 cm³/mol. The van der Waals surface area contributed by atoms with Gasteiger partial charge in [-0.05, 0) is 49.7 Å². The number of nitrogens with one attached hydrogen (secondary N) is 1. The van der Waals surface area contributed by atoms with Crippen LogP contribution in [0, 0.1) is 0 Å². The molecular formula is C21H21ClN2O4S. The quantitative estimate of drug-likeness (QED) is 0.584. The number of hydrogen-bond acceptors (Lipinski definition) is 7. The van der Waals surface area contributed by atoms with Gasteiger partial charge in [0.1, 0.15) is 0 Å². The molecule has 2 aromatic rings. The van der Waals surface area contributed by atoms with Crippen molar-refractivity contribution in [2.24, 2.45) is 0 Å². The number of hydrogen-bond donors (Lipinski definition) is 1.